The van der Waals surface area contributed by atoms with Gasteiger partial charge >= 0.3 is 17.5 Å². The lowest BCUT2D eigenvalue weighted by atomic mass is 9.91. The van der Waals surface area contributed by atoms with Crippen molar-refractivity contribution in [3.8, 4) is 0 Å². The Morgan fingerprint density at radius 2 is 1.65 bits per heavy atom. The SMILES string of the molecule is CCOC(=O)C(N=COC)(C(=O)OCC)C(=O)C1CC1. The van der Waals surface area contributed by atoms with E-state index in [2.05, 4.69) is 9.73 Å². The molecular formula is C13H19NO6. The molecule has 1 aliphatic rings. The minimum absolute atomic E-state index is 0.0282. The first kappa shape index (κ1) is 16.1. The maximum Gasteiger partial charge on any atom is 0.353 e. The van der Waals surface area contributed by atoms with Crippen molar-refractivity contribution in [2.75, 3.05) is 20.3 Å². The number of hydrogen-bond acceptors (Lipinski definition) is 7. The van der Waals surface area contributed by atoms with Crippen LogP contribution in [0, 0.1) is 5.92 Å². The molecule has 7 nitrogen and oxygen atoms in total. The number of carbonyl (C=O) groups is 3. The van der Waals surface area contributed by atoms with Gasteiger partial charge in [0, 0.05) is 5.92 Å². The summed E-state index contributed by atoms with van der Waals surface area (Å²) in [5, 5.41) is 0. The predicted molar refractivity (Wildman–Crippen MR) is 69.2 cm³/mol. The highest BCUT2D eigenvalue weighted by atomic mass is 16.6. The number of hydrogen-bond donors (Lipinski definition) is 0. The molecular weight excluding hydrogens is 266 g/mol. The first-order valence-corrected chi connectivity index (χ1v) is 6.49. The average molecular weight is 285 g/mol. The highest BCUT2D eigenvalue weighted by Gasteiger charge is 2.59. The molecule has 1 rings (SSSR count). The third kappa shape index (κ3) is 3.15. The molecule has 7 heteroatoms. The van der Waals surface area contributed by atoms with Gasteiger partial charge in [-0.2, -0.15) is 0 Å². The van der Waals surface area contributed by atoms with E-state index in [1.807, 2.05) is 0 Å². The molecule has 0 radical (unpaired) electrons. The summed E-state index contributed by atoms with van der Waals surface area (Å²) in [4.78, 5) is 40.4. The molecule has 1 saturated carbocycles. The van der Waals surface area contributed by atoms with Crippen LogP contribution in [0.25, 0.3) is 0 Å². The standard InChI is InChI=1S/C13H19NO6/c1-4-19-11(16)13(14-8-18-3,12(17)20-5-2)10(15)9-6-7-9/h8-9H,4-7H2,1-3H3. The summed E-state index contributed by atoms with van der Waals surface area (Å²) in [5.74, 6) is -3.01. The lowest BCUT2D eigenvalue weighted by Gasteiger charge is -2.23. The Morgan fingerprint density at radius 3 is 2.00 bits per heavy atom. The summed E-state index contributed by atoms with van der Waals surface area (Å²) in [6, 6.07) is 0. The van der Waals surface area contributed by atoms with E-state index in [1.165, 1.54) is 7.11 Å². The topological polar surface area (TPSA) is 91.3 Å². The number of rotatable bonds is 8. The Morgan fingerprint density at radius 1 is 1.15 bits per heavy atom. The molecule has 0 amide bonds. The van der Waals surface area contributed by atoms with Gasteiger partial charge in [0.25, 0.3) is 0 Å². The number of carbonyl (C=O) groups excluding carboxylic acids is 3. The van der Waals surface area contributed by atoms with Crippen molar-refractivity contribution >= 4 is 24.1 Å². The molecule has 0 heterocycles. The van der Waals surface area contributed by atoms with Gasteiger partial charge in [-0.05, 0) is 26.7 Å². The molecule has 0 bridgehead atoms. The molecule has 0 saturated heterocycles. The smallest absolute Gasteiger partial charge is 0.353 e. The van der Waals surface area contributed by atoms with Crippen LogP contribution in [0.3, 0.4) is 0 Å². The van der Waals surface area contributed by atoms with Crippen LogP contribution in [-0.2, 0) is 28.6 Å². The normalized spacial score (nSPS) is 14.9. The van der Waals surface area contributed by atoms with Crippen molar-refractivity contribution in [1.29, 1.82) is 0 Å². The maximum absolute atomic E-state index is 12.4. The number of methoxy groups -OCH3 is 1. The van der Waals surface area contributed by atoms with Crippen LogP contribution < -0.4 is 0 Å². The quantitative estimate of drug-likeness (QED) is 0.279. The van der Waals surface area contributed by atoms with Crippen molar-refractivity contribution in [2.24, 2.45) is 10.9 Å². The number of ether oxygens (including phenoxy) is 3. The lowest BCUT2D eigenvalue weighted by molar-refractivity contribution is -0.166. The zero-order chi connectivity index (χ0) is 15.2. The molecule has 0 atom stereocenters. The van der Waals surface area contributed by atoms with E-state index in [-0.39, 0.29) is 19.1 Å². The van der Waals surface area contributed by atoms with E-state index >= 15 is 0 Å². The Labute approximate surface area is 117 Å². The van der Waals surface area contributed by atoms with Crippen LogP contribution in [0.4, 0.5) is 0 Å². The highest BCUT2D eigenvalue weighted by molar-refractivity contribution is 6.27. The first-order valence-electron chi connectivity index (χ1n) is 6.49. The number of Topliss-reactive ketones (excluding diaryl/α,β-unsaturated/α-hetero) is 1. The van der Waals surface area contributed by atoms with E-state index in [4.69, 9.17) is 9.47 Å². The van der Waals surface area contributed by atoms with Gasteiger partial charge < -0.3 is 14.2 Å². The Hall–Kier alpha value is -1.92. The monoisotopic (exact) mass is 285 g/mol. The molecule has 0 aliphatic heterocycles. The van der Waals surface area contributed by atoms with Crippen molar-refractivity contribution in [2.45, 2.75) is 32.2 Å². The van der Waals surface area contributed by atoms with E-state index in [0.29, 0.717) is 12.8 Å². The van der Waals surface area contributed by atoms with Gasteiger partial charge in [0.05, 0.1) is 20.3 Å². The van der Waals surface area contributed by atoms with Gasteiger partial charge in [-0.3, -0.25) is 4.79 Å². The van der Waals surface area contributed by atoms with Gasteiger partial charge in [0.2, 0.25) is 0 Å². The second-order valence-corrected chi connectivity index (χ2v) is 4.26. The zero-order valence-electron chi connectivity index (χ0n) is 11.9. The molecule has 0 N–H and O–H groups in total. The fourth-order valence-electron chi connectivity index (χ4n) is 1.70. The molecule has 0 unspecified atom stereocenters. The Bertz CT molecular complexity index is 395. The van der Waals surface area contributed by atoms with Crippen molar-refractivity contribution < 1.29 is 28.6 Å². The van der Waals surface area contributed by atoms with E-state index < -0.39 is 23.3 Å². The van der Waals surface area contributed by atoms with Crippen LogP contribution in [0.1, 0.15) is 26.7 Å². The summed E-state index contributed by atoms with van der Waals surface area (Å²) in [6.45, 7) is 3.21. The van der Waals surface area contributed by atoms with E-state index in [9.17, 15) is 14.4 Å². The molecule has 112 valence electrons. The minimum atomic E-state index is -2.30. The second-order valence-electron chi connectivity index (χ2n) is 4.26. The maximum atomic E-state index is 12.4. The molecule has 0 spiro atoms. The van der Waals surface area contributed by atoms with Gasteiger partial charge in [0.1, 0.15) is 0 Å². The van der Waals surface area contributed by atoms with Crippen molar-refractivity contribution in [3.05, 3.63) is 0 Å². The largest absolute Gasteiger partial charge is 0.487 e. The predicted octanol–water partition coefficient (Wildman–Crippen LogP) is 0.505. The van der Waals surface area contributed by atoms with Crippen LogP contribution >= 0.6 is 0 Å². The van der Waals surface area contributed by atoms with Crippen LogP contribution in [0.15, 0.2) is 4.99 Å². The fraction of sp³-hybridized carbons (Fsp3) is 0.692. The number of nitrogens with zero attached hydrogens (tertiary/aromatic N) is 1. The van der Waals surface area contributed by atoms with Crippen molar-refractivity contribution in [1.82, 2.24) is 0 Å². The number of esters is 2. The molecule has 20 heavy (non-hydrogen) atoms. The summed E-state index contributed by atoms with van der Waals surface area (Å²) in [7, 11) is 1.30. The molecule has 0 aromatic rings. The van der Waals surface area contributed by atoms with Crippen molar-refractivity contribution in [3.63, 3.8) is 0 Å². The zero-order valence-corrected chi connectivity index (χ0v) is 11.9. The average Bonchev–Trinajstić information content (AvgIpc) is 3.24. The second kappa shape index (κ2) is 7.02. The van der Waals surface area contributed by atoms with Gasteiger partial charge in [-0.15, -0.1) is 0 Å². The van der Waals surface area contributed by atoms with Crippen LogP contribution in [0.5, 0.6) is 0 Å². The summed E-state index contributed by atoms with van der Waals surface area (Å²) < 4.78 is 14.3. The molecule has 0 aromatic carbocycles. The fourth-order valence-corrected chi connectivity index (χ4v) is 1.70. The van der Waals surface area contributed by atoms with Gasteiger partial charge in [-0.1, -0.05) is 0 Å². The minimum Gasteiger partial charge on any atom is -0.487 e. The molecule has 0 aromatic heterocycles. The Kier molecular flexibility index (Phi) is 5.66. The van der Waals surface area contributed by atoms with E-state index in [0.717, 1.165) is 6.40 Å². The van der Waals surface area contributed by atoms with Gasteiger partial charge in [-0.25, -0.2) is 14.6 Å². The first-order chi connectivity index (χ1) is 9.54. The van der Waals surface area contributed by atoms with Crippen LogP contribution in [0.2, 0.25) is 0 Å². The third-order valence-corrected chi connectivity index (χ3v) is 2.80. The summed E-state index contributed by atoms with van der Waals surface area (Å²) in [6.07, 6.45) is 2.14. The molecule has 1 aliphatic carbocycles. The van der Waals surface area contributed by atoms with Crippen LogP contribution in [-0.4, -0.2) is 50.0 Å². The third-order valence-electron chi connectivity index (χ3n) is 2.80. The number of aliphatic imine (C=N–C) groups is 1. The Balaban J connectivity index is 3.22. The number of ketones is 1. The molecule has 1 fully saturated rings. The van der Waals surface area contributed by atoms with Gasteiger partial charge in [0.15, 0.2) is 12.2 Å². The summed E-state index contributed by atoms with van der Waals surface area (Å²) >= 11 is 0. The highest BCUT2D eigenvalue weighted by Crippen LogP contribution is 2.36. The van der Waals surface area contributed by atoms with E-state index in [1.54, 1.807) is 13.8 Å². The summed E-state index contributed by atoms with van der Waals surface area (Å²) in [5.41, 5.74) is -2.30. The lowest BCUT2D eigenvalue weighted by Crippen LogP contribution is -2.54.